The van der Waals surface area contributed by atoms with Crippen LogP contribution < -0.4 is 4.74 Å². The Morgan fingerprint density at radius 3 is 2.70 bits per heavy atom. The zero-order valence-electron chi connectivity index (χ0n) is 10.5. The van der Waals surface area contributed by atoms with Crippen molar-refractivity contribution in [2.24, 2.45) is 0 Å². The van der Waals surface area contributed by atoms with Gasteiger partial charge in [0.1, 0.15) is 35.2 Å². The Hall–Kier alpha value is -2.69. The Morgan fingerprint density at radius 1 is 1.05 bits per heavy atom. The lowest BCUT2D eigenvalue weighted by atomic mass is 10.1. The molecule has 5 heteroatoms. The molecule has 0 atom stereocenters. The SMILES string of the molecule is Fc1ccc(-c2nnn3c2COc2ccccc2-3)cc1. The van der Waals surface area contributed by atoms with E-state index in [1.165, 1.54) is 12.1 Å². The van der Waals surface area contributed by atoms with Gasteiger partial charge in [-0.05, 0) is 36.4 Å². The number of ether oxygens (including phenoxy) is 1. The fourth-order valence-electron chi connectivity index (χ4n) is 2.36. The van der Waals surface area contributed by atoms with Crippen LogP contribution in [-0.4, -0.2) is 15.0 Å². The lowest BCUT2D eigenvalue weighted by Gasteiger charge is -2.18. The van der Waals surface area contributed by atoms with Crippen LogP contribution >= 0.6 is 0 Å². The molecule has 0 bridgehead atoms. The average molecular weight is 267 g/mol. The first-order valence-electron chi connectivity index (χ1n) is 6.25. The third-order valence-electron chi connectivity index (χ3n) is 3.34. The van der Waals surface area contributed by atoms with E-state index in [1.807, 2.05) is 24.3 Å². The largest absolute Gasteiger partial charge is 0.485 e. The number of rotatable bonds is 1. The first-order chi connectivity index (χ1) is 9.83. The minimum absolute atomic E-state index is 0.267. The van der Waals surface area contributed by atoms with Crippen LogP contribution in [0.15, 0.2) is 48.5 Å². The second kappa shape index (κ2) is 4.16. The van der Waals surface area contributed by atoms with Gasteiger partial charge in [-0.3, -0.25) is 0 Å². The van der Waals surface area contributed by atoms with Crippen molar-refractivity contribution < 1.29 is 9.13 Å². The first-order valence-corrected chi connectivity index (χ1v) is 6.25. The smallest absolute Gasteiger partial charge is 0.145 e. The van der Waals surface area contributed by atoms with E-state index in [2.05, 4.69) is 10.3 Å². The molecule has 0 amide bonds. The normalized spacial score (nSPS) is 12.4. The van der Waals surface area contributed by atoms with Crippen LogP contribution in [0.25, 0.3) is 16.9 Å². The van der Waals surface area contributed by atoms with Crippen molar-refractivity contribution in [1.82, 2.24) is 15.0 Å². The molecule has 4 rings (SSSR count). The Balaban J connectivity index is 1.87. The molecular weight excluding hydrogens is 257 g/mol. The van der Waals surface area contributed by atoms with Gasteiger partial charge in [0.25, 0.3) is 0 Å². The van der Waals surface area contributed by atoms with E-state index in [-0.39, 0.29) is 5.82 Å². The molecule has 0 radical (unpaired) electrons. The predicted molar refractivity (Wildman–Crippen MR) is 71.1 cm³/mol. The third-order valence-corrected chi connectivity index (χ3v) is 3.34. The van der Waals surface area contributed by atoms with Crippen molar-refractivity contribution >= 4 is 0 Å². The molecule has 1 aromatic heterocycles. The van der Waals surface area contributed by atoms with Gasteiger partial charge < -0.3 is 4.74 Å². The first kappa shape index (κ1) is 11.2. The molecule has 0 saturated carbocycles. The Labute approximate surface area is 114 Å². The van der Waals surface area contributed by atoms with E-state index < -0.39 is 0 Å². The van der Waals surface area contributed by atoms with E-state index >= 15 is 0 Å². The molecule has 0 N–H and O–H groups in total. The van der Waals surface area contributed by atoms with Crippen molar-refractivity contribution in [3.63, 3.8) is 0 Å². The number of nitrogens with zero attached hydrogens (tertiary/aromatic N) is 3. The standard InChI is InChI=1S/C15H10FN3O/c16-11-7-5-10(6-8-11)15-13-9-20-14-4-2-1-3-12(14)19(13)18-17-15/h1-8H,9H2. The van der Waals surface area contributed by atoms with Crippen LogP contribution in [-0.2, 0) is 6.61 Å². The summed E-state index contributed by atoms with van der Waals surface area (Å²) in [4.78, 5) is 0. The minimum Gasteiger partial charge on any atom is -0.485 e. The highest BCUT2D eigenvalue weighted by Crippen LogP contribution is 2.32. The molecule has 98 valence electrons. The van der Waals surface area contributed by atoms with E-state index in [4.69, 9.17) is 4.74 Å². The summed E-state index contributed by atoms with van der Waals surface area (Å²) in [5, 5.41) is 8.40. The third kappa shape index (κ3) is 1.60. The second-order valence-electron chi connectivity index (χ2n) is 4.56. The van der Waals surface area contributed by atoms with Gasteiger partial charge in [0.15, 0.2) is 0 Å². The number of halogens is 1. The number of para-hydroxylation sites is 2. The fourth-order valence-corrected chi connectivity index (χ4v) is 2.36. The van der Waals surface area contributed by atoms with Gasteiger partial charge in [0, 0.05) is 5.56 Å². The van der Waals surface area contributed by atoms with Crippen LogP contribution in [0.2, 0.25) is 0 Å². The zero-order valence-corrected chi connectivity index (χ0v) is 10.5. The molecule has 0 aliphatic carbocycles. The number of benzene rings is 2. The summed E-state index contributed by atoms with van der Waals surface area (Å²) in [7, 11) is 0. The summed E-state index contributed by atoms with van der Waals surface area (Å²) in [6.45, 7) is 0.400. The van der Waals surface area contributed by atoms with Crippen molar-refractivity contribution in [1.29, 1.82) is 0 Å². The van der Waals surface area contributed by atoms with E-state index in [0.717, 1.165) is 28.4 Å². The van der Waals surface area contributed by atoms with E-state index in [1.54, 1.807) is 16.8 Å². The Kier molecular flexibility index (Phi) is 2.32. The Bertz CT molecular complexity index is 780. The second-order valence-corrected chi connectivity index (χ2v) is 4.56. The quantitative estimate of drug-likeness (QED) is 0.680. The maximum Gasteiger partial charge on any atom is 0.145 e. The molecule has 20 heavy (non-hydrogen) atoms. The van der Waals surface area contributed by atoms with Gasteiger partial charge in [-0.1, -0.05) is 17.3 Å². The van der Waals surface area contributed by atoms with Crippen molar-refractivity contribution in [3.8, 4) is 22.7 Å². The van der Waals surface area contributed by atoms with Gasteiger partial charge >= 0.3 is 0 Å². The highest BCUT2D eigenvalue weighted by Gasteiger charge is 2.22. The van der Waals surface area contributed by atoms with Crippen molar-refractivity contribution in [2.75, 3.05) is 0 Å². The maximum atomic E-state index is 13.0. The summed E-state index contributed by atoms with van der Waals surface area (Å²) in [6, 6.07) is 13.9. The van der Waals surface area contributed by atoms with E-state index in [0.29, 0.717) is 6.61 Å². The number of hydrogen-bond donors (Lipinski definition) is 0. The van der Waals surface area contributed by atoms with Crippen LogP contribution in [0.5, 0.6) is 5.75 Å². The summed E-state index contributed by atoms with van der Waals surface area (Å²) in [5.74, 6) is 0.520. The fraction of sp³-hybridized carbons (Fsp3) is 0.0667. The van der Waals surface area contributed by atoms with Crippen LogP contribution in [0.4, 0.5) is 4.39 Å². The van der Waals surface area contributed by atoms with Gasteiger partial charge in [-0.25, -0.2) is 9.07 Å². The zero-order chi connectivity index (χ0) is 13.5. The van der Waals surface area contributed by atoms with Gasteiger partial charge in [0.2, 0.25) is 0 Å². The van der Waals surface area contributed by atoms with Crippen LogP contribution in [0, 0.1) is 5.82 Å². The average Bonchev–Trinajstić information content (AvgIpc) is 2.92. The van der Waals surface area contributed by atoms with Gasteiger partial charge in [-0.15, -0.1) is 5.10 Å². The van der Waals surface area contributed by atoms with Crippen LogP contribution in [0.3, 0.4) is 0 Å². The summed E-state index contributed by atoms with van der Waals surface area (Å²) in [6.07, 6.45) is 0. The Morgan fingerprint density at radius 2 is 1.85 bits per heavy atom. The van der Waals surface area contributed by atoms with Crippen LogP contribution in [0.1, 0.15) is 5.69 Å². The molecule has 1 aliphatic rings. The highest BCUT2D eigenvalue weighted by atomic mass is 19.1. The van der Waals surface area contributed by atoms with Crippen molar-refractivity contribution in [2.45, 2.75) is 6.61 Å². The molecule has 0 fully saturated rings. The minimum atomic E-state index is -0.267. The molecule has 0 unspecified atom stereocenters. The lowest BCUT2D eigenvalue weighted by Crippen LogP contribution is -2.13. The summed E-state index contributed by atoms with van der Waals surface area (Å²) in [5.41, 5.74) is 3.29. The maximum absolute atomic E-state index is 13.0. The predicted octanol–water partition coefficient (Wildman–Crippen LogP) is 2.97. The summed E-state index contributed by atoms with van der Waals surface area (Å²) >= 11 is 0. The molecule has 1 aliphatic heterocycles. The highest BCUT2D eigenvalue weighted by molar-refractivity contribution is 5.63. The molecule has 0 spiro atoms. The number of aromatic nitrogens is 3. The summed E-state index contributed by atoms with van der Waals surface area (Å²) < 4.78 is 20.5. The van der Waals surface area contributed by atoms with Gasteiger partial charge in [-0.2, -0.15) is 0 Å². The molecule has 2 heterocycles. The molecule has 3 aromatic rings. The van der Waals surface area contributed by atoms with Crippen molar-refractivity contribution in [3.05, 3.63) is 60.0 Å². The molecule has 2 aromatic carbocycles. The lowest BCUT2D eigenvalue weighted by molar-refractivity contribution is 0.282. The number of hydrogen-bond acceptors (Lipinski definition) is 3. The topological polar surface area (TPSA) is 39.9 Å². The molecule has 0 saturated heterocycles. The van der Waals surface area contributed by atoms with Gasteiger partial charge in [0.05, 0.1) is 0 Å². The monoisotopic (exact) mass is 267 g/mol. The number of fused-ring (bicyclic) bond motifs is 3. The van der Waals surface area contributed by atoms with E-state index in [9.17, 15) is 4.39 Å². The molecular formula is C15H10FN3O. The molecule has 4 nitrogen and oxygen atoms in total.